The topological polar surface area (TPSA) is 65.1 Å². The van der Waals surface area contributed by atoms with Crippen molar-refractivity contribution in [3.63, 3.8) is 0 Å². The van der Waals surface area contributed by atoms with Crippen LogP contribution in [0.2, 0.25) is 0 Å². The third-order valence-electron chi connectivity index (χ3n) is 2.89. The van der Waals surface area contributed by atoms with Crippen LogP contribution in [-0.2, 0) is 19.0 Å². The predicted molar refractivity (Wildman–Crippen MR) is 73.1 cm³/mol. The number of rotatable bonds is 2. The van der Waals surface area contributed by atoms with Crippen LogP contribution in [0, 0.1) is 0 Å². The van der Waals surface area contributed by atoms with E-state index in [-0.39, 0.29) is 0 Å². The molecule has 0 spiro atoms. The van der Waals surface area contributed by atoms with Crippen molar-refractivity contribution < 1.29 is 23.8 Å². The normalized spacial score (nSPS) is 21.6. The number of hydrogen-bond acceptors (Lipinski definition) is 5. The van der Waals surface area contributed by atoms with Crippen LogP contribution in [-0.4, -0.2) is 49.4 Å². The number of amides is 1. The number of methoxy groups -OCH3 is 2. The highest BCUT2D eigenvalue weighted by molar-refractivity contribution is 5.82. The van der Waals surface area contributed by atoms with E-state index in [1.54, 1.807) is 34.1 Å². The van der Waals surface area contributed by atoms with E-state index in [4.69, 9.17) is 14.2 Å². The Bertz CT molecular complexity index is 397. The second kappa shape index (κ2) is 6.63. The number of ether oxygens (including phenoxy) is 3. The van der Waals surface area contributed by atoms with Crippen LogP contribution in [0.3, 0.4) is 0 Å². The summed E-state index contributed by atoms with van der Waals surface area (Å²) >= 11 is 0. The Morgan fingerprint density at radius 3 is 2.45 bits per heavy atom. The first-order valence-electron chi connectivity index (χ1n) is 6.56. The molecule has 1 atom stereocenters. The summed E-state index contributed by atoms with van der Waals surface area (Å²) < 4.78 is 15.1. The number of nitrogens with zero attached hydrogens (tertiary/aromatic N) is 1. The van der Waals surface area contributed by atoms with Gasteiger partial charge in [-0.25, -0.2) is 9.59 Å². The highest BCUT2D eigenvalue weighted by atomic mass is 16.6. The van der Waals surface area contributed by atoms with E-state index in [0.29, 0.717) is 19.4 Å². The summed E-state index contributed by atoms with van der Waals surface area (Å²) in [5.41, 5.74) is 0.378. The Morgan fingerprint density at radius 2 is 1.95 bits per heavy atom. The quantitative estimate of drug-likeness (QED) is 0.574. The third-order valence-corrected chi connectivity index (χ3v) is 2.89. The first-order chi connectivity index (χ1) is 9.28. The molecule has 6 heteroatoms. The zero-order chi connectivity index (χ0) is 15.3. The van der Waals surface area contributed by atoms with Gasteiger partial charge in [0.2, 0.25) is 0 Å². The van der Waals surface area contributed by atoms with E-state index < -0.39 is 23.7 Å². The molecule has 1 fully saturated rings. The molecule has 1 heterocycles. The molecular weight excluding hydrogens is 262 g/mol. The summed E-state index contributed by atoms with van der Waals surface area (Å²) in [5.74, 6) is -0.447. The van der Waals surface area contributed by atoms with Crippen LogP contribution < -0.4 is 0 Å². The van der Waals surface area contributed by atoms with Gasteiger partial charge >= 0.3 is 12.1 Å². The molecule has 6 nitrogen and oxygen atoms in total. The number of likely N-dealkylation sites (tertiary alicyclic amines) is 1. The van der Waals surface area contributed by atoms with Gasteiger partial charge in [-0.1, -0.05) is 0 Å². The van der Waals surface area contributed by atoms with Gasteiger partial charge in [-0.3, -0.25) is 4.90 Å². The number of esters is 1. The molecule has 1 amide bonds. The van der Waals surface area contributed by atoms with Crippen molar-refractivity contribution in [2.75, 3.05) is 20.8 Å². The SMILES string of the molecule is CO/C=C1/CCN(C(=O)OC(C)(C)C)C(C(=O)OC)C1. The maximum Gasteiger partial charge on any atom is 0.411 e. The summed E-state index contributed by atoms with van der Waals surface area (Å²) in [7, 11) is 2.87. The van der Waals surface area contributed by atoms with Crippen molar-refractivity contribution in [1.82, 2.24) is 4.90 Å². The fraction of sp³-hybridized carbons (Fsp3) is 0.714. The Balaban J connectivity index is 2.86. The van der Waals surface area contributed by atoms with Crippen molar-refractivity contribution in [1.29, 1.82) is 0 Å². The maximum absolute atomic E-state index is 12.2. The zero-order valence-corrected chi connectivity index (χ0v) is 12.8. The summed E-state index contributed by atoms with van der Waals surface area (Å²) in [4.78, 5) is 25.4. The first kappa shape index (κ1) is 16.3. The highest BCUT2D eigenvalue weighted by Crippen LogP contribution is 2.25. The van der Waals surface area contributed by atoms with E-state index in [2.05, 4.69) is 0 Å². The van der Waals surface area contributed by atoms with Gasteiger partial charge in [0.1, 0.15) is 11.6 Å². The van der Waals surface area contributed by atoms with Gasteiger partial charge < -0.3 is 14.2 Å². The van der Waals surface area contributed by atoms with Gasteiger partial charge in [0.15, 0.2) is 0 Å². The molecule has 0 aromatic rings. The van der Waals surface area contributed by atoms with Crippen LogP contribution in [0.5, 0.6) is 0 Å². The maximum atomic E-state index is 12.2. The van der Waals surface area contributed by atoms with E-state index >= 15 is 0 Å². The minimum atomic E-state index is -0.662. The molecule has 114 valence electrons. The fourth-order valence-electron chi connectivity index (χ4n) is 2.04. The molecule has 0 N–H and O–H groups in total. The van der Waals surface area contributed by atoms with Crippen LogP contribution >= 0.6 is 0 Å². The smallest absolute Gasteiger partial charge is 0.411 e. The lowest BCUT2D eigenvalue weighted by Crippen LogP contribution is -2.50. The van der Waals surface area contributed by atoms with Gasteiger partial charge in [0.25, 0.3) is 0 Å². The Labute approximate surface area is 119 Å². The van der Waals surface area contributed by atoms with Gasteiger partial charge in [-0.2, -0.15) is 0 Å². The molecule has 0 aromatic carbocycles. The van der Waals surface area contributed by atoms with Gasteiger partial charge in [0, 0.05) is 13.0 Å². The van der Waals surface area contributed by atoms with E-state index in [9.17, 15) is 9.59 Å². The molecule has 0 saturated carbocycles. The molecule has 1 saturated heterocycles. The number of hydrogen-bond donors (Lipinski definition) is 0. The fourth-order valence-corrected chi connectivity index (χ4v) is 2.04. The zero-order valence-electron chi connectivity index (χ0n) is 12.8. The van der Waals surface area contributed by atoms with Gasteiger partial charge in [-0.15, -0.1) is 0 Å². The largest absolute Gasteiger partial charge is 0.504 e. The molecule has 20 heavy (non-hydrogen) atoms. The minimum absolute atomic E-state index is 0.403. The molecule has 1 unspecified atom stereocenters. The molecule has 0 bridgehead atoms. The third kappa shape index (κ3) is 4.43. The van der Waals surface area contributed by atoms with Crippen LogP contribution in [0.1, 0.15) is 33.6 Å². The lowest BCUT2D eigenvalue weighted by Gasteiger charge is -2.35. The lowest BCUT2D eigenvalue weighted by atomic mass is 9.98. The molecular formula is C14H23NO5. The first-order valence-corrected chi connectivity index (χ1v) is 6.56. The van der Waals surface area contributed by atoms with Gasteiger partial charge in [0.05, 0.1) is 20.5 Å². The van der Waals surface area contributed by atoms with Crippen molar-refractivity contribution >= 4 is 12.1 Å². The summed E-state index contributed by atoms with van der Waals surface area (Å²) in [6.07, 6.45) is 2.17. The molecule has 0 aromatic heterocycles. The second-order valence-corrected chi connectivity index (χ2v) is 5.68. The molecule has 0 radical (unpaired) electrons. The van der Waals surface area contributed by atoms with E-state index in [1.807, 2.05) is 0 Å². The van der Waals surface area contributed by atoms with Crippen molar-refractivity contribution in [3.8, 4) is 0 Å². The van der Waals surface area contributed by atoms with E-state index in [0.717, 1.165) is 5.57 Å². The molecule has 1 rings (SSSR count). The Hall–Kier alpha value is -1.72. The van der Waals surface area contributed by atoms with Crippen molar-refractivity contribution in [3.05, 3.63) is 11.8 Å². The number of carbonyl (C=O) groups is 2. The van der Waals surface area contributed by atoms with Crippen LogP contribution in [0.25, 0.3) is 0 Å². The monoisotopic (exact) mass is 285 g/mol. The molecule has 1 aliphatic heterocycles. The van der Waals surface area contributed by atoms with Crippen LogP contribution in [0.4, 0.5) is 4.79 Å². The summed E-state index contributed by atoms with van der Waals surface area (Å²) in [6, 6.07) is -0.662. The summed E-state index contributed by atoms with van der Waals surface area (Å²) in [5, 5.41) is 0. The standard InChI is InChI=1S/C14H23NO5/c1-14(2,3)20-13(17)15-7-6-10(9-18-4)8-11(15)12(16)19-5/h9,11H,6-8H2,1-5H3/b10-9-. The van der Waals surface area contributed by atoms with Crippen LogP contribution in [0.15, 0.2) is 11.8 Å². The van der Waals surface area contributed by atoms with Crippen molar-refractivity contribution in [2.45, 2.75) is 45.3 Å². The van der Waals surface area contributed by atoms with Crippen molar-refractivity contribution in [2.24, 2.45) is 0 Å². The van der Waals surface area contributed by atoms with E-state index in [1.165, 1.54) is 12.0 Å². The molecule has 1 aliphatic rings. The second-order valence-electron chi connectivity index (χ2n) is 5.68. The average Bonchev–Trinajstić information content (AvgIpc) is 2.36. The number of piperidine rings is 1. The summed E-state index contributed by atoms with van der Waals surface area (Å²) in [6.45, 7) is 5.78. The van der Waals surface area contributed by atoms with Gasteiger partial charge in [-0.05, 0) is 32.8 Å². The number of carbonyl (C=O) groups excluding carboxylic acids is 2. The lowest BCUT2D eigenvalue weighted by molar-refractivity contribution is -0.147. The predicted octanol–water partition coefficient (Wildman–Crippen LogP) is 2.09. The molecule has 0 aliphatic carbocycles. The average molecular weight is 285 g/mol. The Morgan fingerprint density at radius 1 is 1.30 bits per heavy atom. The minimum Gasteiger partial charge on any atom is -0.504 e. The Kier molecular flexibility index (Phi) is 5.42. The highest BCUT2D eigenvalue weighted by Gasteiger charge is 2.37.